The van der Waals surface area contributed by atoms with Crippen LogP contribution in [-0.4, -0.2) is 34.7 Å². The van der Waals surface area contributed by atoms with Crippen LogP contribution in [0.4, 0.5) is 13.2 Å². The molecule has 0 fully saturated rings. The highest BCUT2D eigenvalue weighted by atomic mass is 19.4. The molecule has 0 amide bonds. The summed E-state index contributed by atoms with van der Waals surface area (Å²) in [6.45, 7) is 14.6. The summed E-state index contributed by atoms with van der Waals surface area (Å²) in [5.74, 6) is 0. The van der Waals surface area contributed by atoms with E-state index in [4.69, 9.17) is 5.26 Å². The van der Waals surface area contributed by atoms with Crippen molar-refractivity contribution >= 4 is 0 Å². The molecule has 0 aromatic carbocycles. The first-order chi connectivity index (χ1) is 18.7. The molecule has 1 heterocycles. The van der Waals surface area contributed by atoms with E-state index in [-0.39, 0.29) is 18.0 Å². The van der Waals surface area contributed by atoms with Gasteiger partial charge in [0.2, 0.25) is 0 Å². The van der Waals surface area contributed by atoms with Gasteiger partial charge in [-0.25, -0.2) is 5.10 Å². The predicted molar refractivity (Wildman–Crippen MR) is 150 cm³/mol. The zero-order chi connectivity index (χ0) is 28.8. The fourth-order valence-electron chi connectivity index (χ4n) is 5.01. The average molecular weight is 546 g/mol. The molecule has 1 unspecified atom stereocenters. The van der Waals surface area contributed by atoms with E-state index in [1.807, 2.05) is 11.2 Å². The van der Waals surface area contributed by atoms with Gasteiger partial charge in [-0.3, -0.25) is 4.79 Å². The second-order valence-corrected chi connectivity index (χ2v) is 9.96. The van der Waals surface area contributed by atoms with Gasteiger partial charge in [-0.05, 0) is 63.0 Å². The molecule has 1 aliphatic carbocycles. The Hall–Kier alpha value is -3.12. The summed E-state index contributed by atoms with van der Waals surface area (Å²) < 4.78 is 40.1. The number of fused-ring (bicyclic) bond motifs is 1. The van der Waals surface area contributed by atoms with Gasteiger partial charge in [0, 0.05) is 25.3 Å². The van der Waals surface area contributed by atoms with Crippen LogP contribution in [0.2, 0.25) is 0 Å². The van der Waals surface area contributed by atoms with Crippen molar-refractivity contribution in [2.24, 2.45) is 0 Å². The van der Waals surface area contributed by atoms with Gasteiger partial charge in [-0.2, -0.15) is 23.5 Å². The minimum absolute atomic E-state index is 0.00866. The Morgan fingerprint density at radius 3 is 2.59 bits per heavy atom. The monoisotopic (exact) mass is 545 g/mol. The van der Waals surface area contributed by atoms with E-state index in [0.29, 0.717) is 30.7 Å². The van der Waals surface area contributed by atoms with Crippen molar-refractivity contribution in [2.75, 3.05) is 19.6 Å². The summed E-state index contributed by atoms with van der Waals surface area (Å²) >= 11 is 0. The van der Waals surface area contributed by atoms with Crippen LogP contribution in [0.5, 0.6) is 0 Å². The van der Waals surface area contributed by atoms with Crippen LogP contribution in [0.15, 0.2) is 53.0 Å². The number of aromatic amines is 1. The minimum atomic E-state index is -4.69. The molecule has 1 aromatic rings. The van der Waals surface area contributed by atoms with Crippen molar-refractivity contribution in [3.63, 3.8) is 0 Å². The maximum Gasteiger partial charge on any atom is 0.422 e. The molecular formula is C30H42F3N5O. The first-order valence-electron chi connectivity index (χ1n) is 13.9. The molecule has 1 atom stereocenters. The molecule has 0 saturated heterocycles. The molecule has 1 aromatic heterocycles. The number of hydrogen-bond donors (Lipinski definition) is 2. The van der Waals surface area contributed by atoms with E-state index in [1.54, 1.807) is 6.08 Å². The number of rotatable bonds is 17. The SMILES string of the molecule is C=C/C(C#N)=C\C=C(/CCC)CCCCCN(CCC)C(=C)CCNC1CCc2c1n[nH]c(=O)c2C(F)(F)F. The Kier molecular flexibility index (Phi) is 13.2. The quantitative estimate of drug-likeness (QED) is 0.126. The van der Waals surface area contributed by atoms with Crippen molar-refractivity contribution in [1.82, 2.24) is 20.4 Å². The third kappa shape index (κ3) is 9.85. The Labute approximate surface area is 230 Å². The molecule has 0 bridgehead atoms. The summed E-state index contributed by atoms with van der Waals surface area (Å²) in [7, 11) is 0. The molecule has 39 heavy (non-hydrogen) atoms. The maximum absolute atomic E-state index is 13.4. The fourth-order valence-corrected chi connectivity index (χ4v) is 5.01. The summed E-state index contributed by atoms with van der Waals surface area (Å²) in [4.78, 5) is 14.0. The van der Waals surface area contributed by atoms with Crippen molar-refractivity contribution < 1.29 is 13.2 Å². The third-order valence-electron chi connectivity index (χ3n) is 7.00. The maximum atomic E-state index is 13.4. The van der Waals surface area contributed by atoms with Gasteiger partial charge in [-0.15, -0.1) is 0 Å². The predicted octanol–water partition coefficient (Wildman–Crippen LogP) is 6.90. The molecule has 0 radical (unpaired) electrons. The molecule has 9 heteroatoms. The number of halogens is 3. The number of unbranched alkanes of at least 4 members (excludes halogenated alkanes) is 2. The Morgan fingerprint density at radius 1 is 1.18 bits per heavy atom. The van der Waals surface area contributed by atoms with E-state index < -0.39 is 17.3 Å². The number of aromatic nitrogens is 2. The van der Waals surface area contributed by atoms with Gasteiger partial charge in [0.05, 0.1) is 23.4 Å². The third-order valence-corrected chi connectivity index (χ3v) is 7.00. The van der Waals surface area contributed by atoms with Crippen molar-refractivity contribution in [3.05, 3.63) is 75.4 Å². The minimum Gasteiger partial charge on any atom is -0.375 e. The van der Waals surface area contributed by atoms with Gasteiger partial charge in [0.15, 0.2) is 0 Å². The lowest BCUT2D eigenvalue weighted by molar-refractivity contribution is -0.139. The van der Waals surface area contributed by atoms with Crippen LogP contribution in [0.3, 0.4) is 0 Å². The molecule has 2 N–H and O–H groups in total. The van der Waals surface area contributed by atoms with Crippen LogP contribution in [-0.2, 0) is 12.6 Å². The highest BCUT2D eigenvalue weighted by Crippen LogP contribution is 2.37. The number of nitrogens with zero attached hydrogens (tertiary/aromatic N) is 3. The largest absolute Gasteiger partial charge is 0.422 e. The molecule has 6 nitrogen and oxygen atoms in total. The van der Waals surface area contributed by atoms with Crippen LogP contribution in [0.1, 0.15) is 94.5 Å². The van der Waals surface area contributed by atoms with Crippen LogP contribution in [0, 0.1) is 11.3 Å². The molecule has 0 saturated carbocycles. The lowest BCUT2D eigenvalue weighted by Gasteiger charge is -2.27. The van der Waals surface area contributed by atoms with E-state index in [0.717, 1.165) is 63.7 Å². The number of hydrogen-bond acceptors (Lipinski definition) is 5. The summed E-state index contributed by atoms with van der Waals surface area (Å²) in [5.41, 5.74) is 0.933. The van der Waals surface area contributed by atoms with Crippen molar-refractivity contribution in [3.8, 4) is 6.07 Å². The summed E-state index contributed by atoms with van der Waals surface area (Å²) in [6, 6.07) is 1.81. The zero-order valence-corrected chi connectivity index (χ0v) is 23.3. The fraction of sp³-hybridized carbons (Fsp3) is 0.567. The Morgan fingerprint density at radius 2 is 1.95 bits per heavy atom. The average Bonchev–Trinajstić information content (AvgIpc) is 3.29. The molecule has 1 aliphatic rings. The number of alkyl halides is 3. The zero-order valence-electron chi connectivity index (χ0n) is 23.3. The number of H-pyrrole nitrogens is 1. The highest BCUT2D eigenvalue weighted by molar-refractivity contribution is 5.36. The van der Waals surface area contributed by atoms with Crippen LogP contribution in [0.25, 0.3) is 0 Å². The molecular weight excluding hydrogens is 503 g/mol. The second-order valence-electron chi connectivity index (χ2n) is 9.96. The van der Waals surface area contributed by atoms with E-state index in [2.05, 4.69) is 54.5 Å². The lowest BCUT2D eigenvalue weighted by Crippen LogP contribution is -2.29. The van der Waals surface area contributed by atoms with Crippen LogP contribution < -0.4 is 10.9 Å². The topological polar surface area (TPSA) is 84.8 Å². The van der Waals surface area contributed by atoms with Gasteiger partial charge in [0.1, 0.15) is 5.56 Å². The number of allylic oxidation sites excluding steroid dienone is 5. The van der Waals surface area contributed by atoms with E-state index in [9.17, 15) is 18.0 Å². The Balaban J connectivity index is 1.83. The second kappa shape index (κ2) is 16.1. The van der Waals surface area contributed by atoms with Gasteiger partial charge in [0.25, 0.3) is 5.56 Å². The molecule has 2 rings (SSSR count). The summed E-state index contributed by atoms with van der Waals surface area (Å²) in [5, 5.41) is 18.3. The number of nitrogens with one attached hydrogen (secondary N) is 2. The highest BCUT2D eigenvalue weighted by Gasteiger charge is 2.41. The van der Waals surface area contributed by atoms with Crippen LogP contribution >= 0.6 is 0 Å². The molecule has 0 aliphatic heterocycles. The normalized spacial score (nSPS) is 15.6. The lowest BCUT2D eigenvalue weighted by atomic mass is 10.0. The summed E-state index contributed by atoms with van der Waals surface area (Å²) in [6.07, 6.45) is 9.43. The van der Waals surface area contributed by atoms with Gasteiger partial charge < -0.3 is 10.2 Å². The van der Waals surface area contributed by atoms with Crippen molar-refractivity contribution in [1.29, 1.82) is 5.26 Å². The molecule has 0 spiro atoms. The first kappa shape index (κ1) is 32.1. The Bertz CT molecular complexity index is 1130. The molecule has 214 valence electrons. The van der Waals surface area contributed by atoms with E-state index in [1.165, 1.54) is 5.57 Å². The first-order valence-corrected chi connectivity index (χ1v) is 13.9. The van der Waals surface area contributed by atoms with Crippen molar-refractivity contribution in [2.45, 2.75) is 90.3 Å². The van der Waals surface area contributed by atoms with Gasteiger partial charge >= 0.3 is 6.18 Å². The van der Waals surface area contributed by atoms with Gasteiger partial charge in [-0.1, -0.05) is 57.6 Å². The smallest absolute Gasteiger partial charge is 0.375 e. The standard InChI is InChI=1S/C30H42F3N5O/c1-5-11-24(14-13-23(7-3)21-34)12-9-8-10-20-38(19-6-2)22(4)17-18-35-26-16-15-25-27(30(31,32)33)29(39)37-36-28(25)26/h7,13-14,26,35H,3-6,8-12,15-20H2,1-2H3,(H,37,39)/b23-13+,24-14+. The number of nitriles is 1. The van der Waals surface area contributed by atoms with E-state index >= 15 is 0 Å².